The minimum Gasteiger partial charge on any atom is -0.366 e. The molecule has 6 aromatic rings. The van der Waals surface area contributed by atoms with Gasteiger partial charge >= 0.3 is 0 Å². The van der Waals surface area contributed by atoms with Gasteiger partial charge in [0.05, 0.1) is 12.2 Å². The zero-order valence-corrected chi connectivity index (χ0v) is 50.5. The van der Waals surface area contributed by atoms with Gasteiger partial charge in [0.2, 0.25) is 0 Å². The van der Waals surface area contributed by atoms with Gasteiger partial charge in [-0.2, -0.15) is 0 Å². The van der Waals surface area contributed by atoms with Crippen molar-refractivity contribution in [3.63, 3.8) is 0 Å². The fourth-order valence-corrected chi connectivity index (χ4v) is 13.4. The van der Waals surface area contributed by atoms with E-state index in [9.17, 15) is 0 Å². The van der Waals surface area contributed by atoms with Crippen LogP contribution < -0.4 is 0 Å². The third kappa shape index (κ3) is 21.1. The molecule has 0 bridgehead atoms. The molecule has 0 aliphatic carbocycles. The fraction of sp³-hybridized carbons (Fsp3) is 0.632. The predicted molar refractivity (Wildman–Crippen MR) is 344 cm³/mol. The normalized spacial score (nSPS) is 12.7. The van der Waals surface area contributed by atoms with Gasteiger partial charge in [0.1, 0.15) is 0 Å². The Hall–Kier alpha value is -3.68. The second-order valence-corrected chi connectivity index (χ2v) is 24.2. The molecule has 0 saturated carbocycles. The van der Waals surface area contributed by atoms with Gasteiger partial charge in [0.15, 0.2) is 0 Å². The summed E-state index contributed by atoms with van der Waals surface area (Å²) in [6, 6.07) is 38.2. The van der Waals surface area contributed by atoms with Crippen LogP contribution in [0.1, 0.15) is 319 Å². The molecule has 0 radical (unpaired) electrons. The number of ether oxygens (including phenoxy) is 1. The zero-order chi connectivity index (χ0) is 53.8. The molecule has 0 amide bonds. The molecule has 0 spiro atoms. The summed E-state index contributed by atoms with van der Waals surface area (Å²) in [5.74, 6) is 0. The third-order valence-corrected chi connectivity index (χ3v) is 17.8. The molecule has 0 aliphatic heterocycles. The molecule has 0 N–H and O–H groups in total. The highest BCUT2D eigenvalue weighted by Crippen LogP contribution is 2.46. The predicted octanol–water partition coefficient (Wildman–Crippen LogP) is 25.9. The lowest BCUT2D eigenvalue weighted by atomic mass is 9.85. The molecule has 0 saturated heterocycles. The molecule has 6 rings (SSSR count). The maximum atomic E-state index is 8.21. The van der Waals surface area contributed by atoms with Gasteiger partial charge in [-0.1, -0.05) is 356 Å². The van der Waals surface area contributed by atoms with Gasteiger partial charge in [-0.3, -0.25) is 0 Å². The molecule has 0 fully saturated rings. The highest BCUT2D eigenvalue weighted by Gasteiger charge is 2.28. The minimum atomic E-state index is -0.00635. The second-order valence-electron chi connectivity index (χ2n) is 24.2. The van der Waals surface area contributed by atoms with Gasteiger partial charge < -0.3 is 4.74 Å². The number of rotatable bonds is 46. The summed E-state index contributed by atoms with van der Waals surface area (Å²) in [5.41, 5.74) is 6.02. The van der Waals surface area contributed by atoms with Gasteiger partial charge in [0, 0.05) is 0 Å². The fourth-order valence-electron chi connectivity index (χ4n) is 13.4. The van der Waals surface area contributed by atoms with E-state index >= 15 is 0 Å². The van der Waals surface area contributed by atoms with Crippen molar-refractivity contribution in [1.29, 1.82) is 0 Å². The van der Waals surface area contributed by atoms with E-state index in [1.165, 1.54) is 298 Å². The topological polar surface area (TPSA) is 9.23 Å². The largest absolute Gasteiger partial charge is 0.366 e. The smallest absolute Gasteiger partial charge is 0.0845 e. The van der Waals surface area contributed by atoms with Crippen molar-refractivity contribution < 1.29 is 4.74 Å². The van der Waals surface area contributed by atoms with Gasteiger partial charge in [-0.15, -0.1) is 0 Å². The van der Waals surface area contributed by atoms with Crippen LogP contribution in [0.15, 0.2) is 97.1 Å². The molecule has 424 valence electrons. The van der Waals surface area contributed by atoms with Crippen molar-refractivity contribution in [2.24, 2.45) is 0 Å². The number of hydrogen-bond acceptors (Lipinski definition) is 1. The molecule has 6 aromatic carbocycles. The molecule has 1 nitrogen and oxygen atoms in total. The molecule has 0 aliphatic rings. The summed E-state index contributed by atoms with van der Waals surface area (Å²) in [6.45, 7) is 9.31. The maximum absolute atomic E-state index is 8.21. The van der Waals surface area contributed by atoms with E-state index in [2.05, 4.69) is 125 Å². The lowest BCUT2D eigenvalue weighted by Crippen LogP contribution is -2.14. The number of unbranched alkanes of at least 4 members (excludes halogenated alkanes) is 34. The van der Waals surface area contributed by atoms with Crippen LogP contribution in [0.25, 0.3) is 43.1 Å². The Bertz CT molecular complexity index is 2170. The Kier molecular flexibility index (Phi) is 31.5. The first-order valence-electron chi connectivity index (χ1n) is 33.7. The number of benzene rings is 6. The molecule has 2 atom stereocenters. The monoisotopic (exact) mass is 1040 g/mol. The van der Waals surface area contributed by atoms with E-state index in [4.69, 9.17) is 4.74 Å². The number of aryl methyl sites for hydroxylation is 2. The van der Waals surface area contributed by atoms with Crippen LogP contribution in [-0.4, -0.2) is 0 Å². The van der Waals surface area contributed by atoms with Crippen LogP contribution in [-0.2, 0) is 17.6 Å². The number of fused-ring (bicyclic) bond motifs is 4. The van der Waals surface area contributed by atoms with Crippen molar-refractivity contribution in [3.05, 3.63) is 119 Å². The van der Waals surface area contributed by atoms with Crippen molar-refractivity contribution in [1.82, 2.24) is 0 Å². The standard InChI is InChI=1S/C76H114O/c1-5-9-13-17-21-25-29-31-35-39-51-63-65-53-43-47-57-69(65)75(70-58-48-44-54-66(63)70)73(61-41-37-33-27-23-19-15-11-7-3)77-74(62-42-38-34-28-24-20-16-12-8-4)76-71-59-49-45-55-67(71)64(68-56-46-50-60-72(68)76)52-40-36-32-30-26-22-18-14-10-6-2/h43-50,53-60,73-74H,5-42,51-52,61-62H2,1-4H3/t73-,74+. The Labute approximate surface area is 474 Å². The molecular weight excluding hydrogens is 929 g/mol. The van der Waals surface area contributed by atoms with Crippen LogP contribution in [0.5, 0.6) is 0 Å². The van der Waals surface area contributed by atoms with Crippen molar-refractivity contribution in [3.8, 4) is 0 Å². The lowest BCUT2D eigenvalue weighted by Gasteiger charge is -2.31. The first-order valence-corrected chi connectivity index (χ1v) is 33.7. The van der Waals surface area contributed by atoms with E-state index in [-0.39, 0.29) is 12.2 Å². The van der Waals surface area contributed by atoms with E-state index < -0.39 is 0 Å². The molecule has 0 heterocycles. The van der Waals surface area contributed by atoms with E-state index in [0.29, 0.717) is 0 Å². The SMILES string of the molecule is CCCCCCCCCCCCc1c2ccccc2c([C@H](CCCCCCCCCCC)O[C@H](CCCCCCCCCCC)c2c3ccccc3c(CCCCCCCCCCCC)c3ccccc23)c2ccccc12. The second kappa shape index (κ2) is 38.8. The minimum absolute atomic E-state index is 0.00635. The van der Waals surface area contributed by atoms with Gasteiger partial charge in [-0.05, 0) is 104 Å². The Morgan fingerprint density at radius 3 is 0.662 bits per heavy atom. The first-order chi connectivity index (χ1) is 38.2. The van der Waals surface area contributed by atoms with Crippen molar-refractivity contribution >= 4 is 43.1 Å². The van der Waals surface area contributed by atoms with E-state index in [1.807, 2.05) is 0 Å². The molecular formula is C76H114O. The van der Waals surface area contributed by atoms with E-state index in [0.717, 1.165) is 25.7 Å². The van der Waals surface area contributed by atoms with Crippen LogP contribution in [0.3, 0.4) is 0 Å². The third-order valence-electron chi connectivity index (χ3n) is 17.8. The number of hydrogen-bond donors (Lipinski definition) is 0. The summed E-state index contributed by atoms with van der Waals surface area (Å²) in [7, 11) is 0. The highest BCUT2D eigenvalue weighted by molar-refractivity contribution is 6.07. The summed E-state index contributed by atoms with van der Waals surface area (Å²) < 4.78 is 8.21. The van der Waals surface area contributed by atoms with E-state index in [1.54, 1.807) is 11.1 Å². The van der Waals surface area contributed by atoms with Crippen LogP contribution in [0, 0.1) is 0 Å². The summed E-state index contributed by atoms with van der Waals surface area (Å²) >= 11 is 0. The van der Waals surface area contributed by atoms with Crippen LogP contribution in [0.4, 0.5) is 0 Å². The molecule has 0 aromatic heterocycles. The lowest BCUT2D eigenvalue weighted by molar-refractivity contribution is -0.0235. The molecule has 77 heavy (non-hydrogen) atoms. The highest BCUT2D eigenvalue weighted by atomic mass is 16.5. The van der Waals surface area contributed by atoms with Crippen molar-refractivity contribution in [2.75, 3.05) is 0 Å². The Morgan fingerprint density at radius 2 is 0.429 bits per heavy atom. The zero-order valence-electron chi connectivity index (χ0n) is 50.5. The quantitative estimate of drug-likeness (QED) is 0.0273. The maximum Gasteiger partial charge on any atom is 0.0845 e. The Balaban J connectivity index is 1.34. The average molecular weight is 1040 g/mol. The van der Waals surface area contributed by atoms with Gasteiger partial charge in [-0.25, -0.2) is 0 Å². The molecule has 0 unspecified atom stereocenters. The average Bonchev–Trinajstić information content (AvgIpc) is 3.46. The van der Waals surface area contributed by atoms with Crippen molar-refractivity contribution in [2.45, 2.75) is 310 Å². The first kappa shape index (κ1) is 62.5. The molecule has 1 heteroatoms. The summed E-state index contributed by atoms with van der Waals surface area (Å²) in [5, 5.41) is 11.5. The summed E-state index contributed by atoms with van der Waals surface area (Å²) in [6.07, 6.45) is 55.9. The van der Waals surface area contributed by atoms with Crippen LogP contribution >= 0.6 is 0 Å². The Morgan fingerprint density at radius 1 is 0.234 bits per heavy atom. The van der Waals surface area contributed by atoms with Crippen LogP contribution in [0.2, 0.25) is 0 Å². The summed E-state index contributed by atoms with van der Waals surface area (Å²) in [4.78, 5) is 0. The van der Waals surface area contributed by atoms with Gasteiger partial charge in [0.25, 0.3) is 0 Å².